The van der Waals surface area contributed by atoms with E-state index in [9.17, 15) is 0 Å². The van der Waals surface area contributed by atoms with Crippen LogP contribution in [0.5, 0.6) is 0 Å². The number of hydrogen-bond acceptors (Lipinski definition) is 7. The molecule has 2 aromatic heterocycles. The van der Waals surface area contributed by atoms with E-state index in [2.05, 4.69) is 36.7 Å². The molecule has 4 heterocycles. The molecule has 0 spiro atoms. The molecule has 154 valence electrons. The van der Waals surface area contributed by atoms with Gasteiger partial charge in [0.05, 0.1) is 24.3 Å². The van der Waals surface area contributed by atoms with E-state index in [-0.39, 0.29) is 0 Å². The van der Waals surface area contributed by atoms with Crippen molar-refractivity contribution in [2.75, 3.05) is 44.3 Å². The van der Waals surface area contributed by atoms with Gasteiger partial charge in [-0.05, 0) is 31.7 Å². The van der Waals surface area contributed by atoms with Crippen molar-refractivity contribution in [3.8, 4) is 0 Å². The number of ether oxygens (including phenoxy) is 1. The van der Waals surface area contributed by atoms with Crippen molar-refractivity contribution in [3.63, 3.8) is 0 Å². The summed E-state index contributed by atoms with van der Waals surface area (Å²) in [5.74, 6) is 8.60. The van der Waals surface area contributed by atoms with Crippen molar-refractivity contribution >= 4 is 28.3 Å². The Morgan fingerprint density at radius 2 is 1.79 bits per heavy atom. The Balaban J connectivity index is 0.000000932. The first-order chi connectivity index (χ1) is 13.8. The number of pyridine rings is 1. The predicted octanol–water partition coefficient (Wildman–Crippen LogP) is 2.00. The van der Waals surface area contributed by atoms with E-state index in [0.717, 1.165) is 45.0 Å². The van der Waals surface area contributed by atoms with Crippen molar-refractivity contribution in [2.24, 2.45) is 11.7 Å². The van der Waals surface area contributed by atoms with Gasteiger partial charge in [0.2, 0.25) is 0 Å². The summed E-state index contributed by atoms with van der Waals surface area (Å²) in [4.78, 5) is 9.55. The number of hydrazine groups is 1. The third-order valence-electron chi connectivity index (χ3n) is 6.38. The monoisotopic (exact) mass is 407 g/mol. The molecule has 0 bridgehead atoms. The number of morpholine rings is 1. The first-order valence-corrected chi connectivity index (χ1v) is 10.6. The number of H-pyrrole nitrogens is 1. The maximum atomic E-state index is 6.32. The van der Waals surface area contributed by atoms with E-state index in [4.69, 9.17) is 16.3 Å². The molecule has 1 saturated carbocycles. The average Bonchev–Trinajstić information content (AvgIpc) is 3.12. The van der Waals surface area contributed by atoms with Crippen molar-refractivity contribution in [1.29, 1.82) is 0 Å². The SMILES string of the molecule is Clc1cc(N2CCC(N3CCOCC3)CC2)c2c(C3CCC3)[nH]nc2n1.NN. The number of aromatic amines is 1. The lowest BCUT2D eigenvalue weighted by atomic mass is 9.82. The minimum atomic E-state index is 0.537. The number of fused-ring (bicyclic) bond motifs is 1. The number of nitrogens with two attached hydrogens (primary N) is 2. The van der Waals surface area contributed by atoms with E-state index in [1.165, 1.54) is 48.9 Å². The Morgan fingerprint density at radius 1 is 1.07 bits per heavy atom. The van der Waals surface area contributed by atoms with E-state index in [0.29, 0.717) is 17.1 Å². The Morgan fingerprint density at radius 3 is 2.43 bits per heavy atom. The molecule has 28 heavy (non-hydrogen) atoms. The summed E-state index contributed by atoms with van der Waals surface area (Å²) in [7, 11) is 0. The summed E-state index contributed by atoms with van der Waals surface area (Å²) < 4.78 is 5.50. The summed E-state index contributed by atoms with van der Waals surface area (Å²) in [6, 6.07) is 2.72. The molecule has 5 rings (SSSR count). The van der Waals surface area contributed by atoms with Gasteiger partial charge in [-0.1, -0.05) is 18.0 Å². The van der Waals surface area contributed by atoms with Crippen LogP contribution in [0.3, 0.4) is 0 Å². The van der Waals surface area contributed by atoms with Crippen molar-refractivity contribution in [1.82, 2.24) is 20.1 Å². The molecule has 0 radical (unpaired) electrons. The van der Waals surface area contributed by atoms with Crippen molar-refractivity contribution in [2.45, 2.75) is 44.1 Å². The highest BCUT2D eigenvalue weighted by molar-refractivity contribution is 6.30. The van der Waals surface area contributed by atoms with Gasteiger partial charge in [-0.15, -0.1) is 0 Å². The molecule has 2 aliphatic heterocycles. The van der Waals surface area contributed by atoms with Crippen LogP contribution in [0.1, 0.15) is 43.7 Å². The number of anilines is 1. The van der Waals surface area contributed by atoms with Crippen LogP contribution < -0.4 is 16.6 Å². The van der Waals surface area contributed by atoms with Gasteiger partial charge < -0.3 is 9.64 Å². The third kappa shape index (κ3) is 3.84. The molecule has 0 atom stereocenters. The van der Waals surface area contributed by atoms with Gasteiger partial charge in [-0.3, -0.25) is 21.7 Å². The van der Waals surface area contributed by atoms with Crippen LogP contribution in [-0.4, -0.2) is 65.5 Å². The summed E-state index contributed by atoms with van der Waals surface area (Å²) in [6.45, 7) is 6.02. The summed E-state index contributed by atoms with van der Waals surface area (Å²) >= 11 is 6.32. The van der Waals surface area contributed by atoms with E-state index in [1.54, 1.807) is 0 Å². The van der Waals surface area contributed by atoms with Crippen LogP contribution in [0, 0.1) is 0 Å². The second kappa shape index (κ2) is 8.92. The van der Waals surface area contributed by atoms with E-state index < -0.39 is 0 Å². The quantitative estimate of drug-likeness (QED) is 0.405. The highest BCUT2D eigenvalue weighted by atomic mass is 35.5. The predicted molar refractivity (Wildman–Crippen MR) is 111 cm³/mol. The van der Waals surface area contributed by atoms with Gasteiger partial charge in [-0.25, -0.2) is 4.98 Å². The van der Waals surface area contributed by atoms with E-state index >= 15 is 0 Å². The topological polar surface area (TPSA) is 109 Å². The maximum absolute atomic E-state index is 6.32. The molecular formula is C19H30ClN7O. The second-order valence-electron chi connectivity index (χ2n) is 7.79. The largest absolute Gasteiger partial charge is 0.379 e. The normalized spacial score (nSPS) is 22.0. The Bertz CT molecular complexity index is 780. The summed E-state index contributed by atoms with van der Waals surface area (Å²) in [5, 5.41) is 9.45. The van der Waals surface area contributed by atoms with Gasteiger partial charge in [-0.2, -0.15) is 5.10 Å². The number of halogens is 1. The zero-order valence-corrected chi connectivity index (χ0v) is 17.0. The smallest absolute Gasteiger partial charge is 0.184 e. The van der Waals surface area contributed by atoms with Crippen LogP contribution in [0.4, 0.5) is 5.69 Å². The molecule has 9 heteroatoms. The third-order valence-corrected chi connectivity index (χ3v) is 6.57. The fourth-order valence-electron chi connectivity index (χ4n) is 4.65. The molecule has 8 nitrogen and oxygen atoms in total. The van der Waals surface area contributed by atoms with Crippen LogP contribution in [-0.2, 0) is 4.74 Å². The molecule has 0 aromatic carbocycles. The lowest BCUT2D eigenvalue weighted by Gasteiger charge is -2.41. The maximum Gasteiger partial charge on any atom is 0.184 e. The van der Waals surface area contributed by atoms with Crippen molar-refractivity contribution < 1.29 is 4.74 Å². The fraction of sp³-hybridized carbons (Fsp3) is 0.684. The summed E-state index contributed by atoms with van der Waals surface area (Å²) in [5.41, 5.74) is 3.25. The fourth-order valence-corrected chi connectivity index (χ4v) is 4.84. The highest BCUT2D eigenvalue weighted by Gasteiger charge is 2.30. The lowest BCUT2D eigenvalue weighted by molar-refractivity contribution is 0.0115. The first kappa shape index (κ1) is 19.8. The van der Waals surface area contributed by atoms with Gasteiger partial charge >= 0.3 is 0 Å². The second-order valence-corrected chi connectivity index (χ2v) is 8.18. The molecule has 2 aromatic rings. The number of nitrogens with one attached hydrogen (secondary N) is 1. The zero-order valence-electron chi connectivity index (χ0n) is 16.2. The molecule has 3 aliphatic rings. The van der Waals surface area contributed by atoms with Gasteiger partial charge in [0.15, 0.2) is 5.65 Å². The molecule has 3 fully saturated rings. The van der Waals surface area contributed by atoms with Gasteiger partial charge in [0, 0.05) is 43.8 Å². The number of hydrogen-bond donors (Lipinski definition) is 3. The van der Waals surface area contributed by atoms with Gasteiger partial charge in [0.25, 0.3) is 0 Å². The van der Waals surface area contributed by atoms with Crippen LogP contribution in [0.15, 0.2) is 6.07 Å². The van der Waals surface area contributed by atoms with Crippen LogP contribution >= 0.6 is 11.6 Å². The Hall–Kier alpha value is -1.45. The summed E-state index contributed by atoms with van der Waals surface area (Å²) in [6.07, 6.45) is 6.19. The van der Waals surface area contributed by atoms with E-state index in [1.807, 2.05) is 6.07 Å². The molecule has 0 unspecified atom stereocenters. The van der Waals surface area contributed by atoms with Gasteiger partial charge in [0.1, 0.15) is 5.15 Å². The molecule has 5 N–H and O–H groups in total. The molecule has 0 amide bonds. The highest BCUT2D eigenvalue weighted by Crippen LogP contribution is 2.42. The van der Waals surface area contributed by atoms with Crippen LogP contribution in [0.25, 0.3) is 11.0 Å². The van der Waals surface area contributed by atoms with Crippen LogP contribution in [0.2, 0.25) is 5.15 Å². The average molecular weight is 408 g/mol. The zero-order chi connectivity index (χ0) is 19.5. The molecule has 1 aliphatic carbocycles. The number of rotatable bonds is 3. The minimum absolute atomic E-state index is 0.537. The minimum Gasteiger partial charge on any atom is -0.379 e. The van der Waals surface area contributed by atoms with Crippen molar-refractivity contribution in [3.05, 3.63) is 16.9 Å². The number of nitrogens with zero attached hydrogens (tertiary/aromatic N) is 4. The number of piperidine rings is 1. The Labute approximate surface area is 170 Å². The Kier molecular flexibility index (Phi) is 6.32. The number of aromatic nitrogens is 3. The standard InChI is InChI=1S/C19H26ClN5O.H4N2/c20-16-12-15(17-18(13-2-1-3-13)22-23-19(17)21-16)25-6-4-14(5-7-25)24-8-10-26-11-9-24;1-2/h12-14H,1-11H2,(H,21,22,23);1-2H2. The molecule has 2 saturated heterocycles. The lowest BCUT2D eigenvalue weighted by Crippen LogP contribution is -2.49. The first-order valence-electron chi connectivity index (χ1n) is 10.2. The molecular weight excluding hydrogens is 378 g/mol.